The average Bonchev–Trinajstić information content (AvgIpc) is 2.64. The van der Waals surface area contributed by atoms with Crippen molar-refractivity contribution in [2.24, 2.45) is 0 Å². The molecule has 1 unspecified atom stereocenters. The lowest BCUT2D eigenvalue weighted by atomic mass is 10.1. The number of anilines is 1. The Labute approximate surface area is 140 Å². The van der Waals surface area contributed by atoms with Gasteiger partial charge in [0.05, 0.1) is 0 Å². The van der Waals surface area contributed by atoms with Crippen molar-refractivity contribution < 1.29 is 9.90 Å². The Hall–Kier alpha value is -2.98. The van der Waals surface area contributed by atoms with E-state index in [9.17, 15) is 9.90 Å². The summed E-state index contributed by atoms with van der Waals surface area (Å²) in [6.07, 6.45) is 2.70. The SMILES string of the molecule is O=C(Nc1ccc(-c2ccncc2)cc1)C(O)Cc1ccccc1. The first-order valence-corrected chi connectivity index (χ1v) is 7.76. The van der Waals surface area contributed by atoms with Gasteiger partial charge >= 0.3 is 0 Å². The van der Waals surface area contributed by atoms with Crippen molar-refractivity contribution in [3.8, 4) is 11.1 Å². The molecule has 0 spiro atoms. The summed E-state index contributed by atoms with van der Waals surface area (Å²) in [7, 11) is 0. The van der Waals surface area contributed by atoms with Gasteiger partial charge in [-0.3, -0.25) is 9.78 Å². The molecule has 0 radical (unpaired) electrons. The highest BCUT2D eigenvalue weighted by Gasteiger charge is 2.15. The van der Waals surface area contributed by atoms with Gasteiger partial charge in [0.2, 0.25) is 0 Å². The van der Waals surface area contributed by atoms with E-state index in [2.05, 4.69) is 10.3 Å². The lowest BCUT2D eigenvalue weighted by Gasteiger charge is -2.12. The first kappa shape index (κ1) is 15.9. The van der Waals surface area contributed by atoms with E-state index in [1.807, 2.05) is 66.7 Å². The summed E-state index contributed by atoms with van der Waals surface area (Å²) >= 11 is 0. The van der Waals surface area contributed by atoms with Crippen LogP contribution in [-0.2, 0) is 11.2 Å². The second-order valence-electron chi connectivity index (χ2n) is 5.51. The number of carbonyl (C=O) groups excluding carboxylic acids is 1. The topological polar surface area (TPSA) is 62.2 Å². The van der Waals surface area contributed by atoms with Crippen LogP contribution < -0.4 is 5.32 Å². The van der Waals surface area contributed by atoms with Crippen molar-refractivity contribution in [1.29, 1.82) is 0 Å². The van der Waals surface area contributed by atoms with Gasteiger partial charge in [0, 0.05) is 24.5 Å². The first-order chi connectivity index (χ1) is 11.7. The van der Waals surface area contributed by atoms with Crippen molar-refractivity contribution in [3.63, 3.8) is 0 Å². The molecule has 3 rings (SSSR count). The second-order valence-corrected chi connectivity index (χ2v) is 5.51. The van der Waals surface area contributed by atoms with Crippen LogP contribution in [0.1, 0.15) is 5.56 Å². The fourth-order valence-corrected chi connectivity index (χ4v) is 2.45. The lowest BCUT2D eigenvalue weighted by Crippen LogP contribution is -2.29. The molecule has 1 aromatic heterocycles. The Morgan fingerprint density at radius 2 is 1.54 bits per heavy atom. The van der Waals surface area contributed by atoms with E-state index in [0.29, 0.717) is 12.1 Å². The van der Waals surface area contributed by atoms with Gasteiger partial charge in [0.1, 0.15) is 6.10 Å². The molecule has 0 aliphatic carbocycles. The molecule has 0 bridgehead atoms. The third-order valence-corrected chi connectivity index (χ3v) is 3.74. The van der Waals surface area contributed by atoms with Gasteiger partial charge < -0.3 is 10.4 Å². The average molecular weight is 318 g/mol. The summed E-state index contributed by atoms with van der Waals surface area (Å²) in [5.74, 6) is -0.407. The Bertz CT molecular complexity index is 787. The summed E-state index contributed by atoms with van der Waals surface area (Å²) in [6.45, 7) is 0. The van der Waals surface area contributed by atoms with Gasteiger partial charge in [-0.1, -0.05) is 42.5 Å². The fraction of sp³-hybridized carbons (Fsp3) is 0.100. The number of hydrogen-bond acceptors (Lipinski definition) is 3. The van der Waals surface area contributed by atoms with Crippen LogP contribution in [0.15, 0.2) is 79.1 Å². The van der Waals surface area contributed by atoms with E-state index in [1.165, 1.54) is 0 Å². The van der Waals surface area contributed by atoms with Gasteiger partial charge in [-0.2, -0.15) is 0 Å². The van der Waals surface area contributed by atoms with Gasteiger partial charge in [-0.15, -0.1) is 0 Å². The largest absolute Gasteiger partial charge is 0.383 e. The van der Waals surface area contributed by atoms with Gasteiger partial charge in [-0.05, 0) is 41.0 Å². The van der Waals surface area contributed by atoms with E-state index < -0.39 is 12.0 Å². The summed E-state index contributed by atoms with van der Waals surface area (Å²) in [4.78, 5) is 16.1. The Kier molecular flexibility index (Phi) is 4.99. The van der Waals surface area contributed by atoms with E-state index in [1.54, 1.807) is 12.4 Å². The zero-order chi connectivity index (χ0) is 16.8. The van der Waals surface area contributed by atoms with Gasteiger partial charge in [0.15, 0.2) is 0 Å². The molecule has 0 saturated heterocycles. The quantitative estimate of drug-likeness (QED) is 0.759. The number of pyridine rings is 1. The van der Waals surface area contributed by atoms with Crippen LogP contribution >= 0.6 is 0 Å². The van der Waals surface area contributed by atoms with E-state index in [0.717, 1.165) is 16.7 Å². The number of aliphatic hydroxyl groups excluding tert-OH is 1. The molecule has 1 heterocycles. The molecule has 4 nitrogen and oxygen atoms in total. The number of nitrogens with zero attached hydrogens (tertiary/aromatic N) is 1. The molecule has 3 aromatic rings. The van der Waals surface area contributed by atoms with Gasteiger partial charge in [0.25, 0.3) is 5.91 Å². The summed E-state index contributed by atoms with van der Waals surface area (Å²) < 4.78 is 0. The number of aromatic nitrogens is 1. The molecule has 24 heavy (non-hydrogen) atoms. The number of aliphatic hydroxyl groups is 1. The van der Waals surface area contributed by atoms with Crippen LogP contribution in [0.2, 0.25) is 0 Å². The number of benzene rings is 2. The zero-order valence-electron chi connectivity index (χ0n) is 13.1. The van der Waals surface area contributed by atoms with Crippen molar-refractivity contribution in [3.05, 3.63) is 84.7 Å². The van der Waals surface area contributed by atoms with E-state index in [4.69, 9.17) is 0 Å². The minimum atomic E-state index is -1.08. The predicted octanol–water partition coefficient (Wildman–Crippen LogP) is 3.29. The normalized spacial score (nSPS) is 11.7. The molecule has 4 heteroatoms. The van der Waals surface area contributed by atoms with E-state index >= 15 is 0 Å². The summed E-state index contributed by atoms with van der Waals surface area (Å²) in [5.41, 5.74) is 3.69. The van der Waals surface area contributed by atoms with E-state index in [-0.39, 0.29) is 0 Å². The Morgan fingerprint density at radius 3 is 2.21 bits per heavy atom. The lowest BCUT2D eigenvalue weighted by molar-refractivity contribution is -0.123. The first-order valence-electron chi connectivity index (χ1n) is 7.76. The molecule has 0 fully saturated rings. The molecule has 2 aromatic carbocycles. The van der Waals surface area contributed by atoms with Crippen LogP contribution in [0.4, 0.5) is 5.69 Å². The highest BCUT2D eigenvalue weighted by molar-refractivity contribution is 5.94. The smallest absolute Gasteiger partial charge is 0.253 e. The van der Waals surface area contributed by atoms with Crippen molar-refractivity contribution >= 4 is 11.6 Å². The monoisotopic (exact) mass is 318 g/mol. The van der Waals surface area contributed by atoms with Crippen molar-refractivity contribution in [2.75, 3.05) is 5.32 Å². The number of hydrogen-bond donors (Lipinski definition) is 2. The van der Waals surface area contributed by atoms with Crippen LogP contribution in [0.3, 0.4) is 0 Å². The molecule has 0 aliphatic rings. The van der Waals surface area contributed by atoms with Crippen molar-refractivity contribution in [1.82, 2.24) is 4.98 Å². The maximum atomic E-state index is 12.1. The second kappa shape index (κ2) is 7.53. The highest BCUT2D eigenvalue weighted by atomic mass is 16.3. The molecule has 2 N–H and O–H groups in total. The Balaban J connectivity index is 1.62. The molecular formula is C20H18N2O2. The van der Waals surface area contributed by atoms with Gasteiger partial charge in [-0.25, -0.2) is 0 Å². The fourth-order valence-electron chi connectivity index (χ4n) is 2.45. The molecular weight excluding hydrogens is 300 g/mol. The Morgan fingerprint density at radius 1 is 0.917 bits per heavy atom. The maximum absolute atomic E-state index is 12.1. The van der Waals surface area contributed by atoms with Crippen LogP contribution in [0.5, 0.6) is 0 Å². The number of rotatable bonds is 5. The highest BCUT2D eigenvalue weighted by Crippen LogP contribution is 2.20. The summed E-state index contributed by atoms with van der Waals surface area (Å²) in [5, 5.41) is 12.8. The third kappa shape index (κ3) is 4.06. The number of nitrogens with one attached hydrogen (secondary N) is 1. The zero-order valence-corrected chi connectivity index (χ0v) is 13.1. The summed E-state index contributed by atoms with van der Waals surface area (Å²) in [6, 6.07) is 20.8. The molecule has 120 valence electrons. The number of carbonyl (C=O) groups is 1. The molecule has 1 atom stereocenters. The van der Waals surface area contributed by atoms with Crippen LogP contribution in [-0.4, -0.2) is 22.1 Å². The minimum absolute atomic E-state index is 0.293. The number of amides is 1. The standard InChI is InChI=1S/C20H18N2O2/c23-19(14-15-4-2-1-3-5-15)20(24)22-18-8-6-16(7-9-18)17-10-12-21-13-11-17/h1-13,19,23H,14H2,(H,22,24). The molecule has 0 aliphatic heterocycles. The minimum Gasteiger partial charge on any atom is -0.383 e. The molecule has 1 amide bonds. The third-order valence-electron chi connectivity index (χ3n) is 3.74. The van der Waals surface area contributed by atoms with Crippen molar-refractivity contribution in [2.45, 2.75) is 12.5 Å². The molecule has 0 saturated carbocycles. The van der Waals surface area contributed by atoms with Crippen LogP contribution in [0.25, 0.3) is 11.1 Å². The van der Waals surface area contributed by atoms with Crippen LogP contribution in [0, 0.1) is 0 Å². The maximum Gasteiger partial charge on any atom is 0.253 e. The predicted molar refractivity (Wildman–Crippen MR) is 94.5 cm³/mol.